The molecule has 1 aliphatic heterocycles. The number of likely N-dealkylation sites (tertiary alicyclic amines) is 1. The zero-order valence-corrected chi connectivity index (χ0v) is 13.6. The summed E-state index contributed by atoms with van der Waals surface area (Å²) < 4.78 is 2.41. The van der Waals surface area contributed by atoms with E-state index in [1.807, 2.05) is 6.20 Å². The molecule has 2 heterocycles. The maximum atomic E-state index is 12.5. The van der Waals surface area contributed by atoms with Gasteiger partial charge in [-0.25, -0.2) is 4.98 Å². The molecule has 0 unspecified atom stereocenters. The van der Waals surface area contributed by atoms with Crippen molar-refractivity contribution in [2.45, 2.75) is 64.3 Å². The molecule has 0 spiro atoms. The van der Waals surface area contributed by atoms with Crippen molar-refractivity contribution in [2.75, 3.05) is 13.1 Å². The molecule has 1 amide bonds. The lowest BCUT2D eigenvalue weighted by molar-refractivity contribution is -0.141. The van der Waals surface area contributed by atoms with Gasteiger partial charge in [0, 0.05) is 37.4 Å². The molecule has 22 heavy (non-hydrogen) atoms. The predicted molar refractivity (Wildman–Crippen MR) is 85.6 cm³/mol. The summed E-state index contributed by atoms with van der Waals surface area (Å²) in [5, 5.41) is 0. The van der Waals surface area contributed by atoms with Gasteiger partial charge in [0.1, 0.15) is 5.82 Å². The number of carbonyl (C=O) groups excluding carboxylic acids is 1. The first kappa shape index (κ1) is 14.3. The number of aryl methyl sites for hydroxylation is 1. The molecule has 3 fully saturated rings. The molecule has 2 saturated carbocycles. The van der Waals surface area contributed by atoms with Gasteiger partial charge < -0.3 is 9.47 Å². The van der Waals surface area contributed by atoms with Crippen LogP contribution >= 0.6 is 0 Å². The average Bonchev–Trinajstić information content (AvgIpc) is 3.25. The van der Waals surface area contributed by atoms with Crippen LogP contribution < -0.4 is 0 Å². The Balaban J connectivity index is 1.37. The number of nitrogens with zero attached hydrogens (tertiary/aromatic N) is 3. The number of carbonyl (C=O) groups is 1. The smallest absolute Gasteiger partial charge is 0.225 e. The molecule has 0 radical (unpaired) electrons. The van der Waals surface area contributed by atoms with E-state index < -0.39 is 0 Å². The van der Waals surface area contributed by atoms with Crippen LogP contribution in [0.5, 0.6) is 0 Å². The first-order valence-electron chi connectivity index (χ1n) is 9.03. The highest BCUT2D eigenvalue weighted by molar-refractivity contribution is 5.80. The van der Waals surface area contributed by atoms with E-state index in [-0.39, 0.29) is 0 Å². The van der Waals surface area contributed by atoms with Gasteiger partial charge in [-0.1, -0.05) is 19.3 Å². The minimum atomic E-state index is 0.308. The lowest BCUT2D eigenvalue weighted by Crippen LogP contribution is -2.51. The van der Waals surface area contributed by atoms with Crippen molar-refractivity contribution in [3.63, 3.8) is 0 Å². The monoisotopic (exact) mass is 301 g/mol. The topological polar surface area (TPSA) is 38.1 Å². The van der Waals surface area contributed by atoms with E-state index in [1.165, 1.54) is 43.6 Å². The zero-order chi connectivity index (χ0) is 15.1. The fourth-order valence-corrected chi connectivity index (χ4v) is 4.03. The molecule has 0 bridgehead atoms. The molecule has 3 aliphatic rings. The van der Waals surface area contributed by atoms with Crippen LogP contribution in [0.2, 0.25) is 0 Å². The first-order chi connectivity index (χ1) is 10.7. The van der Waals surface area contributed by atoms with E-state index in [9.17, 15) is 4.79 Å². The van der Waals surface area contributed by atoms with Crippen LogP contribution in [-0.2, 0) is 11.3 Å². The summed E-state index contributed by atoms with van der Waals surface area (Å²) in [6, 6.07) is 0. The summed E-state index contributed by atoms with van der Waals surface area (Å²) in [6.07, 6.45) is 10.7. The third-order valence-electron chi connectivity index (χ3n) is 5.74. The SMILES string of the molecule is Cc1cnc(C2CN(C(=O)C3CCCCC3)C2)n1CC1CC1. The van der Waals surface area contributed by atoms with E-state index in [4.69, 9.17) is 0 Å². The Morgan fingerprint density at radius 3 is 2.59 bits per heavy atom. The molecule has 1 saturated heterocycles. The van der Waals surface area contributed by atoms with Crippen molar-refractivity contribution in [1.82, 2.24) is 14.5 Å². The quantitative estimate of drug-likeness (QED) is 0.857. The number of aromatic nitrogens is 2. The average molecular weight is 301 g/mol. The maximum Gasteiger partial charge on any atom is 0.225 e. The van der Waals surface area contributed by atoms with Crippen molar-refractivity contribution < 1.29 is 4.79 Å². The lowest BCUT2D eigenvalue weighted by atomic mass is 9.86. The second-order valence-electron chi connectivity index (χ2n) is 7.59. The van der Waals surface area contributed by atoms with E-state index in [0.717, 1.165) is 38.4 Å². The van der Waals surface area contributed by atoms with Gasteiger partial charge >= 0.3 is 0 Å². The molecule has 1 aromatic heterocycles. The van der Waals surface area contributed by atoms with Crippen LogP contribution in [0.1, 0.15) is 62.4 Å². The van der Waals surface area contributed by atoms with Crippen LogP contribution in [0.25, 0.3) is 0 Å². The fourth-order valence-electron chi connectivity index (χ4n) is 4.03. The number of amides is 1. The van der Waals surface area contributed by atoms with E-state index in [1.54, 1.807) is 0 Å². The Labute approximate surface area is 132 Å². The van der Waals surface area contributed by atoms with Crippen molar-refractivity contribution in [3.05, 3.63) is 17.7 Å². The van der Waals surface area contributed by atoms with Gasteiger partial charge in [0.25, 0.3) is 0 Å². The molecule has 1 aromatic rings. The van der Waals surface area contributed by atoms with Gasteiger partial charge in [-0.3, -0.25) is 4.79 Å². The Morgan fingerprint density at radius 1 is 1.18 bits per heavy atom. The summed E-state index contributed by atoms with van der Waals surface area (Å²) in [5.41, 5.74) is 1.28. The molecular weight excluding hydrogens is 274 g/mol. The first-order valence-corrected chi connectivity index (χ1v) is 9.03. The maximum absolute atomic E-state index is 12.5. The Kier molecular flexibility index (Phi) is 3.71. The van der Waals surface area contributed by atoms with Gasteiger partial charge in [0.15, 0.2) is 0 Å². The number of rotatable bonds is 4. The molecule has 4 rings (SSSR count). The van der Waals surface area contributed by atoms with Crippen LogP contribution in [0, 0.1) is 18.8 Å². The highest BCUT2D eigenvalue weighted by Crippen LogP contribution is 2.35. The molecule has 4 heteroatoms. The van der Waals surface area contributed by atoms with Gasteiger partial charge in [0.2, 0.25) is 5.91 Å². The van der Waals surface area contributed by atoms with Crippen LogP contribution in [0.4, 0.5) is 0 Å². The molecule has 0 atom stereocenters. The van der Waals surface area contributed by atoms with Gasteiger partial charge in [-0.15, -0.1) is 0 Å². The van der Waals surface area contributed by atoms with Gasteiger partial charge in [0.05, 0.1) is 5.92 Å². The van der Waals surface area contributed by atoms with Crippen LogP contribution in [0.15, 0.2) is 6.20 Å². The second-order valence-corrected chi connectivity index (χ2v) is 7.59. The Bertz CT molecular complexity index is 549. The normalized spacial score (nSPS) is 23.6. The van der Waals surface area contributed by atoms with Gasteiger partial charge in [-0.2, -0.15) is 0 Å². The molecular formula is C18H27N3O. The van der Waals surface area contributed by atoms with Crippen molar-refractivity contribution in [2.24, 2.45) is 11.8 Å². The van der Waals surface area contributed by atoms with E-state index in [0.29, 0.717) is 17.7 Å². The van der Waals surface area contributed by atoms with Crippen LogP contribution in [-0.4, -0.2) is 33.4 Å². The van der Waals surface area contributed by atoms with Crippen molar-refractivity contribution >= 4 is 5.91 Å². The third-order valence-corrected chi connectivity index (χ3v) is 5.74. The highest BCUT2D eigenvalue weighted by atomic mass is 16.2. The fraction of sp³-hybridized carbons (Fsp3) is 0.778. The van der Waals surface area contributed by atoms with Crippen molar-refractivity contribution in [1.29, 1.82) is 0 Å². The van der Waals surface area contributed by atoms with E-state index >= 15 is 0 Å². The van der Waals surface area contributed by atoms with Gasteiger partial charge in [-0.05, 0) is 38.5 Å². The highest BCUT2D eigenvalue weighted by Gasteiger charge is 2.38. The second kappa shape index (κ2) is 5.71. The van der Waals surface area contributed by atoms with E-state index in [2.05, 4.69) is 21.4 Å². The summed E-state index contributed by atoms with van der Waals surface area (Å²) >= 11 is 0. The number of imidazole rings is 1. The Morgan fingerprint density at radius 2 is 1.91 bits per heavy atom. The minimum absolute atomic E-state index is 0.308. The standard InChI is InChI=1S/C18H27N3O/c1-13-9-19-17(21(13)10-14-7-8-14)16-11-20(12-16)18(22)15-5-3-2-4-6-15/h9,14-16H,2-8,10-12H2,1H3. The van der Waals surface area contributed by atoms with Crippen LogP contribution in [0.3, 0.4) is 0 Å². The summed E-state index contributed by atoms with van der Waals surface area (Å²) in [5.74, 6) is 3.26. The molecule has 120 valence electrons. The largest absolute Gasteiger partial charge is 0.341 e. The molecule has 4 nitrogen and oxygen atoms in total. The lowest BCUT2D eigenvalue weighted by Gasteiger charge is -2.41. The third kappa shape index (κ3) is 2.68. The summed E-state index contributed by atoms with van der Waals surface area (Å²) in [4.78, 5) is 19.3. The Hall–Kier alpha value is -1.32. The summed E-state index contributed by atoms with van der Waals surface area (Å²) in [6.45, 7) is 5.06. The number of hydrogen-bond acceptors (Lipinski definition) is 2. The predicted octanol–water partition coefficient (Wildman–Crippen LogP) is 3.11. The minimum Gasteiger partial charge on any atom is -0.341 e. The van der Waals surface area contributed by atoms with Crippen molar-refractivity contribution in [3.8, 4) is 0 Å². The molecule has 2 aliphatic carbocycles. The summed E-state index contributed by atoms with van der Waals surface area (Å²) in [7, 11) is 0. The molecule has 0 aromatic carbocycles. The number of hydrogen-bond donors (Lipinski definition) is 0. The zero-order valence-electron chi connectivity index (χ0n) is 13.6. The molecule has 0 N–H and O–H groups in total.